The molecule has 3 amide bonds. The fraction of sp³-hybridized carbons (Fsp3) is 0.583. The number of alkyl carbamates (subject to hydrolysis) is 1. The maximum atomic E-state index is 14.8. The van der Waals surface area contributed by atoms with Crippen LogP contribution in [0.15, 0.2) is 54.6 Å². The lowest BCUT2D eigenvalue weighted by Gasteiger charge is -2.39. The first-order chi connectivity index (χ1) is 20.3. The third-order valence-electron chi connectivity index (χ3n) is 8.03. The summed E-state index contributed by atoms with van der Waals surface area (Å²) in [6.07, 6.45) is 6.50. The molecule has 1 saturated carbocycles. The van der Waals surface area contributed by atoms with Crippen molar-refractivity contribution in [3.05, 3.63) is 71.3 Å². The molecule has 43 heavy (non-hydrogen) atoms. The Morgan fingerprint density at radius 1 is 0.907 bits per heavy atom. The van der Waals surface area contributed by atoms with Crippen molar-refractivity contribution in [1.82, 2.24) is 15.5 Å². The van der Waals surface area contributed by atoms with Gasteiger partial charge in [0.25, 0.3) is 0 Å². The van der Waals surface area contributed by atoms with Gasteiger partial charge < -0.3 is 20.3 Å². The lowest BCUT2D eigenvalue weighted by molar-refractivity contribution is -0.145. The Labute approximate surface area is 259 Å². The van der Waals surface area contributed by atoms with Gasteiger partial charge in [-0.2, -0.15) is 0 Å². The molecule has 0 spiro atoms. The van der Waals surface area contributed by atoms with Crippen molar-refractivity contribution in [1.29, 1.82) is 0 Å². The van der Waals surface area contributed by atoms with Crippen LogP contribution in [-0.2, 0) is 20.7 Å². The topological polar surface area (TPSA) is 87.7 Å². The van der Waals surface area contributed by atoms with Crippen LogP contribution in [0, 0.1) is 12.8 Å². The quantitative estimate of drug-likeness (QED) is 0.272. The first-order valence-electron chi connectivity index (χ1n) is 16.1. The van der Waals surface area contributed by atoms with Crippen LogP contribution in [0.2, 0.25) is 0 Å². The van der Waals surface area contributed by atoms with Crippen LogP contribution in [0.25, 0.3) is 0 Å². The number of nitrogens with zero attached hydrogens (tertiary/aromatic N) is 1. The second-order valence-corrected chi connectivity index (χ2v) is 13.6. The number of rotatable bonds is 12. The zero-order valence-electron chi connectivity index (χ0n) is 27.3. The van der Waals surface area contributed by atoms with Crippen molar-refractivity contribution in [3.63, 3.8) is 0 Å². The molecule has 3 unspecified atom stereocenters. The van der Waals surface area contributed by atoms with Crippen LogP contribution < -0.4 is 10.6 Å². The Hall–Kier alpha value is -3.35. The van der Waals surface area contributed by atoms with Gasteiger partial charge in [0.15, 0.2) is 0 Å². The Kier molecular flexibility index (Phi) is 12.6. The van der Waals surface area contributed by atoms with E-state index in [4.69, 9.17) is 4.74 Å². The summed E-state index contributed by atoms with van der Waals surface area (Å²) in [5, 5.41) is 6.18. The molecule has 0 aromatic heterocycles. The average molecular weight is 592 g/mol. The van der Waals surface area contributed by atoms with Crippen LogP contribution in [0.4, 0.5) is 4.79 Å². The molecule has 1 fully saturated rings. The lowest BCUT2D eigenvalue weighted by atomic mass is 9.93. The Balaban J connectivity index is 2.07. The molecule has 2 N–H and O–H groups in total. The molecular formula is C36H53N3O4. The molecule has 3 rings (SSSR count). The molecule has 0 aliphatic heterocycles. The lowest BCUT2D eigenvalue weighted by Crippen LogP contribution is -2.57. The van der Waals surface area contributed by atoms with E-state index < -0.39 is 23.8 Å². The standard InChI is InChI=1S/C36H53N3O4/c1-25(2)18-21-27(4)39(32(29-22-19-26(3)20-23-29)33(40)37-30-16-12-9-13-17-30)34(41)31(24-28-14-10-8-11-15-28)38-35(42)43-36(5,6)7/h8,10-11,14-15,19-20,22-23,25,27,30-32H,9,12-13,16-18,21,24H2,1-7H3,(H,37,40)(H,38,42). The molecule has 2 aromatic carbocycles. The van der Waals surface area contributed by atoms with Gasteiger partial charge >= 0.3 is 6.09 Å². The highest BCUT2D eigenvalue weighted by Crippen LogP contribution is 2.29. The van der Waals surface area contributed by atoms with Crippen molar-refractivity contribution < 1.29 is 19.1 Å². The second kappa shape index (κ2) is 15.9. The summed E-state index contributed by atoms with van der Waals surface area (Å²) in [7, 11) is 0. The van der Waals surface area contributed by atoms with Gasteiger partial charge in [-0.05, 0) is 77.3 Å². The van der Waals surface area contributed by atoms with Crippen LogP contribution in [-0.4, -0.2) is 46.5 Å². The number of carbonyl (C=O) groups excluding carboxylic acids is 3. The van der Waals surface area contributed by atoms with E-state index >= 15 is 0 Å². The summed E-state index contributed by atoms with van der Waals surface area (Å²) in [6, 6.07) is 15.6. The highest BCUT2D eigenvalue weighted by atomic mass is 16.6. The third-order valence-corrected chi connectivity index (χ3v) is 8.03. The molecule has 7 heteroatoms. The smallest absolute Gasteiger partial charge is 0.408 e. The molecule has 0 bridgehead atoms. The predicted octanol–water partition coefficient (Wildman–Crippen LogP) is 7.27. The van der Waals surface area contributed by atoms with Gasteiger partial charge in [-0.15, -0.1) is 0 Å². The van der Waals surface area contributed by atoms with Crippen molar-refractivity contribution >= 4 is 17.9 Å². The van der Waals surface area contributed by atoms with Crippen molar-refractivity contribution in [2.45, 2.75) is 130 Å². The first-order valence-corrected chi connectivity index (χ1v) is 16.1. The molecule has 236 valence electrons. The van der Waals surface area contributed by atoms with E-state index in [0.29, 0.717) is 5.92 Å². The fourth-order valence-corrected chi connectivity index (χ4v) is 5.71. The van der Waals surface area contributed by atoms with Gasteiger partial charge in [0.05, 0.1) is 0 Å². The molecule has 0 heterocycles. The normalized spacial score (nSPS) is 16.2. The Morgan fingerprint density at radius 3 is 2.12 bits per heavy atom. The van der Waals surface area contributed by atoms with Gasteiger partial charge in [-0.3, -0.25) is 9.59 Å². The summed E-state index contributed by atoms with van der Waals surface area (Å²) in [6.45, 7) is 13.7. The van der Waals surface area contributed by atoms with Crippen LogP contribution in [0.5, 0.6) is 0 Å². The minimum Gasteiger partial charge on any atom is -0.444 e. The predicted molar refractivity (Wildman–Crippen MR) is 173 cm³/mol. The number of benzene rings is 2. The average Bonchev–Trinajstić information content (AvgIpc) is 2.94. The minimum atomic E-state index is -0.922. The van der Waals surface area contributed by atoms with E-state index in [1.54, 1.807) is 25.7 Å². The van der Waals surface area contributed by atoms with Gasteiger partial charge in [-0.1, -0.05) is 93.3 Å². The molecule has 2 aromatic rings. The number of amides is 3. The minimum absolute atomic E-state index is 0.0946. The van der Waals surface area contributed by atoms with Gasteiger partial charge in [0, 0.05) is 18.5 Å². The number of carbonyl (C=O) groups is 3. The van der Waals surface area contributed by atoms with Crippen molar-refractivity contribution in [2.24, 2.45) is 5.92 Å². The van der Waals surface area contributed by atoms with E-state index in [1.807, 2.05) is 68.4 Å². The Morgan fingerprint density at radius 2 is 1.53 bits per heavy atom. The molecule has 1 aliphatic rings. The van der Waals surface area contributed by atoms with Gasteiger partial charge in [-0.25, -0.2) is 4.79 Å². The highest BCUT2D eigenvalue weighted by Gasteiger charge is 2.39. The number of ether oxygens (including phenoxy) is 1. The van der Waals surface area contributed by atoms with Crippen LogP contribution in [0.1, 0.15) is 109 Å². The molecule has 3 atom stereocenters. The molecule has 7 nitrogen and oxygen atoms in total. The van der Waals surface area contributed by atoms with Gasteiger partial charge in [0.2, 0.25) is 11.8 Å². The van der Waals surface area contributed by atoms with Crippen molar-refractivity contribution in [3.8, 4) is 0 Å². The molecular weight excluding hydrogens is 538 g/mol. The van der Waals surface area contributed by atoms with Crippen LogP contribution in [0.3, 0.4) is 0 Å². The second-order valence-electron chi connectivity index (χ2n) is 13.6. The molecule has 0 saturated heterocycles. The first kappa shape index (κ1) is 34.1. The van der Waals surface area contributed by atoms with E-state index in [-0.39, 0.29) is 30.3 Å². The SMILES string of the molecule is Cc1ccc(C(C(=O)NC2CCCCC2)N(C(=O)C(Cc2ccccc2)NC(=O)OC(C)(C)C)C(C)CCC(C)C)cc1. The zero-order chi connectivity index (χ0) is 31.6. The summed E-state index contributed by atoms with van der Waals surface area (Å²) in [5.41, 5.74) is 2.03. The monoisotopic (exact) mass is 591 g/mol. The summed E-state index contributed by atoms with van der Waals surface area (Å²) < 4.78 is 5.58. The van der Waals surface area contributed by atoms with Crippen molar-refractivity contribution in [2.75, 3.05) is 0 Å². The molecule has 1 aliphatic carbocycles. The summed E-state index contributed by atoms with van der Waals surface area (Å²) >= 11 is 0. The molecule has 0 radical (unpaired) electrons. The van der Waals surface area contributed by atoms with E-state index in [9.17, 15) is 14.4 Å². The van der Waals surface area contributed by atoms with E-state index in [0.717, 1.165) is 55.2 Å². The third kappa shape index (κ3) is 11.0. The Bertz CT molecular complexity index is 1170. The zero-order valence-corrected chi connectivity index (χ0v) is 27.3. The van der Waals surface area contributed by atoms with E-state index in [2.05, 4.69) is 24.5 Å². The summed E-state index contributed by atoms with van der Waals surface area (Å²) in [5.74, 6) is -0.0279. The summed E-state index contributed by atoms with van der Waals surface area (Å²) in [4.78, 5) is 43.8. The highest BCUT2D eigenvalue weighted by molar-refractivity contribution is 5.92. The number of nitrogens with one attached hydrogen (secondary N) is 2. The number of hydrogen-bond donors (Lipinski definition) is 2. The number of hydrogen-bond acceptors (Lipinski definition) is 4. The van der Waals surface area contributed by atoms with E-state index in [1.165, 1.54) is 6.42 Å². The number of aryl methyl sites for hydroxylation is 1. The van der Waals surface area contributed by atoms with Gasteiger partial charge in [0.1, 0.15) is 17.7 Å². The largest absolute Gasteiger partial charge is 0.444 e. The maximum absolute atomic E-state index is 14.8. The maximum Gasteiger partial charge on any atom is 0.408 e. The van der Waals surface area contributed by atoms with Crippen LogP contribution >= 0.6 is 0 Å². The fourth-order valence-electron chi connectivity index (χ4n) is 5.71.